The Balaban J connectivity index is 2.39. The maximum atomic E-state index is 11.6. The molecule has 1 aromatic rings. The van der Waals surface area contributed by atoms with Gasteiger partial charge in [0.15, 0.2) is 0 Å². The van der Waals surface area contributed by atoms with Crippen molar-refractivity contribution in [1.82, 2.24) is 10.6 Å². The van der Waals surface area contributed by atoms with Crippen LogP contribution in [0, 0.1) is 11.8 Å². The van der Waals surface area contributed by atoms with Gasteiger partial charge in [0.1, 0.15) is 0 Å². The zero-order valence-corrected chi connectivity index (χ0v) is 13.1. The second kappa shape index (κ2) is 7.89. The van der Waals surface area contributed by atoms with E-state index in [4.69, 9.17) is 5.11 Å². The number of amides is 2. The Morgan fingerprint density at radius 2 is 2.00 bits per heavy atom. The number of carboxylic acid groups (broad SMARTS) is 1. The number of carbonyl (C=O) groups is 2. The van der Waals surface area contributed by atoms with Crippen LogP contribution in [0.5, 0.6) is 0 Å². The number of hydrogen-bond acceptors (Lipinski definition) is 2. The van der Waals surface area contributed by atoms with E-state index in [0.717, 1.165) is 10.0 Å². The van der Waals surface area contributed by atoms with Gasteiger partial charge in [-0.3, -0.25) is 4.79 Å². The van der Waals surface area contributed by atoms with Gasteiger partial charge in [0.2, 0.25) is 0 Å². The summed E-state index contributed by atoms with van der Waals surface area (Å²) >= 11 is 3.36. The van der Waals surface area contributed by atoms with Crippen LogP contribution in [0.2, 0.25) is 0 Å². The number of halogens is 1. The number of rotatable bonds is 6. The highest BCUT2D eigenvalue weighted by atomic mass is 79.9. The standard InChI is InChI=1S/C14H19BrN2O3/c1-9(2)12(13(18)19)8-17-14(20)16-7-10-4-3-5-11(15)6-10/h3-6,9,12H,7-8H2,1-2H3,(H,18,19)(H2,16,17,20). The average Bonchev–Trinajstić information content (AvgIpc) is 2.35. The lowest BCUT2D eigenvalue weighted by Gasteiger charge is -2.17. The topological polar surface area (TPSA) is 78.4 Å². The first kappa shape index (κ1) is 16.5. The van der Waals surface area contributed by atoms with Gasteiger partial charge in [-0.1, -0.05) is 41.9 Å². The van der Waals surface area contributed by atoms with Gasteiger partial charge in [-0.05, 0) is 23.6 Å². The lowest BCUT2D eigenvalue weighted by atomic mass is 9.96. The molecule has 0 bridgehead atoms. The van der Waals surface area contributed by atoms with Gasteiger partial charge in [-0.2, -0.15) is 0 Å². The summed E-state index contributed by atoms with van der Waals surface area (Å²) in [5.41, 5.74) is 0.966. The molecule has 0 saturated heterocycles. The van der Waals surface area contributed by atoms with Gasteiger partial charge in [-0.25, -0.2) is 4.79 Å². The first-order chi connectivity index (χ1) is 9.40. The molecule has 0 aliphatic carbocycles. The Morgan fingerprint density at radius 1 is 1.30 bits per heavy atom. The number of urea groups is 1. The van der Waals surface area contributed by atoms with Gasteiger partial charge in [0.25, 0.3) is 0 Å². The van der Waals surface area contributed by atoms with Crippen molar-refractivity contribution < 1.29 is 14.7 Å². The van der Waals surface area contributed by atoms with E-state index in [1.54, 1.807) is 0 Å². The molecule has 1 unspecified atom stereocenters. The van der Waals surface area contributed by atoms with Crippen LogP contribution >= 0.6 is 15.9 Å². The van der Waals surface area contributed by atoms with E-state index in [1.165, 1.54) is 0 Å². The molecule has 0 saturated carbocycles. The summed E-state index contributed by atoms with van der Waals surface area (Å²) < 4.78 is 0.947. The minimum atomic E-state index is -0.896. The number of carbonyl (C=O) groups excluding carboxylic acids is 1. The van der Waals surface area contributed by atoms with Crippen LogP contribution in [0.15, 0.2) is 28.7 Å². The Morgan fingerprint density at radius 3 is 2.55 bits per heavy atom. The molecule has 5 nitrogen and oxygen atoms in total. The molecule has 1 aromatic carbocycles. The van der Waals surface area contributed by atoms with Crippen molar-refractivity contribution in [3.63, 3.8) is 0 Å². The molecular weight excluding hydrogens is 324 g/mol. The number of carboxylic acids is 1. The van der Waals surface area contributed by atoms with E-state index < -0.39 is 11.9 Å². The molecule has 0 aliphatic heterocycles. The molecule has 110 valence electrons. The summed E-state index contributed by atoms with van der Waals surface area (Å²) in [6, 6.07) is 7.24. The van der Waals surface area contributed by atoms with Gasteiger partial charge in [0, 0.05) is 17.6 Å². The molecule has 1 atom stereocenters. The third-order valence-electron chi connectivity index (χ3n) is 2.95. The molecule has 0 spiro atoms. The average molecular weight is 343 g/mol. The second-order valence-corrected chi connectivity index (χ2v) is 5.80. The van der Waals surface area contributed by atoms with E-state index in [2.05, 4.69) is 26.6 Å². The first-order valence-electron chi connectivity index (χ1n) is 6.39. The molecule has 0 aromatic heterocycles. The summed E-state index contributed by atoms with van der Waals surface area (Å²) in [5, 5.41) is 14.3. The molecule has 0 heterocycles. The Hall–Kier alpha value is -1.56. The quantitative estimate of drug-likeness (QED) is 0.743. The van der Waals surface area contributed by atoms with Crippen molar-refractivity contribution in [3.8, 4) is 0 Å². The van der Waals surface area contributed by atoms with Crippen LogP contribution in [-0.2, 0) is 11.3 Å². The minimum Gasteiger partial charge on any atom is -0.481 e. The number of benzene rings is 1. The molecule has 2 amide bonds. The highest BCUT2D eigenvalue weighted by Crippen LogP contribution is 2.11. The third kappa shape index (κ3) is 5.61. The van der Waals surface area contributed by atoms with E-state index >= 15 is 0 Å². The first-order valence-corrected chi connectivity index (χ1v) is 7.18. The maximum absolute atomic E-state index is 11.6. The number of hydrogen-bond donors (Lipinski definition) is 3. The fourth-order valence-corrected chi connectivity index (χ4v) is 2.15. The SMILES string of the molecule is CC(C)C(CNC(=O)NCc1cccc(Br)c1)C(=O)O. The zero-order chi connectivity index (χ0) is 15.1. The summed E-state index contributed by atoms with van der Waals surface area (Å²) in [7, 11) is 0. The smallest absolute Gasteiger partial charge is 0.315 e. The largest absolute Gasteiger partial charge is 0.481 e. The maximum Gasteiger partial charge on any atom is 0.315 e. The van der Waals surface area contributed by atoms with Crippen LogP contribution in [0.4, 0.5) is 4.79 Å². The van der Waals surface area contributed by atoms with Crippen LogP contribution < -0.4 is 10.6 Å². The number of aliphatic carboxylic acids is 1. The molecule has 0 aliphatic rings. The van der Waals surface area contributed by atoms with Crippen molar-refractivity contribution in [2.75, 3.05) is 6.54 Å². The summed E-state index contributed by atoms with van der Waals surface area (Å²) in [6.07, 6.45) is 0. The van der Waals surface area contributed by atoms with Crippen LogP contribution in [0.25, 0.3) is 0 Å². The highest BCUT2D eigenvalue weighted by Gasteiger charge is 2.21. The third-order valence-corrected chi connectivity index (χ3v) is 3.44. The van der Waals surface area contributed by atoms with E-state index in [0.29, 0.717) is 6.54 Å². The lowest BCUT2D eigenvalue weighted by Crippen LogP contribution is -2.41. The van der Waals surface area contributed by atoms with Gasteiger partial charge in [-0.15, -0.1) is 0 Å². The minimum absolute atomic E-state index is 0.0297. The molecule has 0 fully saturated rings. The number of nitrogens with one attached hydrogen (secondary N) is 2. The van der Waals surface area contributed by atoms with Crippen molar-refractivity contribution in [2.24, 2.45) is 11.8 Å². The van der Waals surface area contributed by atoms with Crippen molar-refractivity contribution >= 4 is 27.9 Å². The highest BCUT2D eigenvalue weighted by molar-refractivity contribution is 9.10. The van der Waals surface area contributed by atoms with Gasteiger partial charge in [0.05, 0.1) is 5.92 Å². The molecular formula is C14H19BrN2O3. The zero-order valence-electron chi connectivity index (χ0n) is 11.5. The fraction of sp³-hybridized carbons (Fsp3) is 0.429. The molecule has 1 rings (SSSR count). The summed E-state index contributed by atoms with van der Waals surface area (Å²) in [6.45, 7) is 4.15. The van der Waals surface area contributed by atoms with Crippen molar-refractivity contribution in [2.45, 2.75) is 20.4 Å². The van der Waals surface area contributed by atoms with Crippen LogP contribution in [-0.4, -0.2) is 23.7 Å². The summed E-state index contributed by atoms with van der Waals surface area (Å²) in [4.78, 5) is 22.6. The Kier molecular flexibility index (Phi) is 6.51. The Labute approximate surface area is 126 Å². The van der Waals surface area contributed by atoms with Crippen LogP contribution in [0.1, 0.15) is 19.4 Å². The lowest BCUT2D eigenvalue weighted by molar-refractivity contribution is -0.142. The van der Waals surface area contributed by atoms with E-state index in [9.17, 15) is 9.59 Å². The van der Waals surface area contributed by atoms with E-state index in [1.807, 2.05) is 38.1 Å². The molecule has 20 heavy (non-hydrogen) atoms. The predicted octanol–water partition coefficient (Wildman–Crippen LogP) is 2.61. The monoisotopic (exact) mass is 342 g/mol. The molecule has 0 radical (unpaired) electrons. The molecule has 6 heteroatoms. The normalized spacial score (nSPS) is 12.0. The van der Waals surface area contributed by atoms with Crippen molar-refractivity contribution in [1.29, 1.82) is 0 Å². The van der Waals surface area contributed by atoms with Gasteiger partial charge < -0.3 is 15.7 Å². The predicted molar refractivity (Wildman–Crippen MR) is 80.3 cm³/mol. The van der Waals surface area contributed by atoms with Crippen molar-refractivity contribution in [3.05, 3.63) is 34.3 Å². The molecule has 3 N–H and O–H groups in total. The van der Waals surface area contributed by atoms with Gasteiger partial charge >= 0.3 is 12.0 Å². The van der Waals surface area contributed by atoms with E-state index in [-0.39, 0.29) is 18.5 Å². The second-order valence-electron chi connectivity index (χ2n) is 4.88. The Bertz CT molecular complexity index is 477. The summed E-state index contributed by atoms with van der Waals surface area (Å²) in [5.74, 6) is -1.50. The van der Waals surface area contributed by atoms with Crippen LogP contribution in [0.3, 0.4) is 0 Å². The fourth-order valence-electron chi connectivity index (χ4n) is 1.70.